The van der Waals surface area contributed by atoms with Gasteiger partial charge < -0.3 is 20.1 Å². The van der Waals surface area contributed by atoms with E-state index in [-0.39, 0.29) is 13.0 Å². The number of aryl methyl sites for hydroxylation is 1. The Kier molecular flexibility index (Phi) is 8.03. The maximum absolute atomic E-state index is 12.6. The number of halogens is 1. The lowest BCUT2D eigenvalue weighted by Gasteiger charge is -2.22. The maximum Gasteiger partial charge on any atom is 0.347 e. The number of benzene rings is 2. The molecule has 8 heteroatoms. The number of amides is 2. The summed E-state index contributed by atoms with van der Waals surface area (Å²) >= 11 is 5.91. The van der Waals surface area contributed by atoms with E-state index in [1.165, 1.54) is 11.8 Å². The van der Waals surface area contributed by atoms with E-state index in [1.54, 1.807) is 55.5 Å². The Hall–Kier alpha value is -3.06. The molecule has 2 rings (SSSR count). The van der Waals surface area contributed by atoms with Crippen molar-refractivity contribution >= 4 is 35.1 Å². The Balaban J connectivity index is 1.96. The second-order valence-corrected chi connectivity index (χ2v) is 6.81. The van der Waals surface area contributed by atoms with Crippen LogP contribution in [0.4, 0.5) is 5.69 Å². The van der Waals surface area contributed by atoms with Gasteiger partial charge in [0.1, 0.15) is 5.75 Å². The van der Waals surface area contributed by atoms with Crippen molar-refractivity contribution in [1.29, 1.82) is 0 Å². The van der Waals surface area contributed by atoms with Gasteiger partial charge in [0.05, 0.1) is 0 Å². The summed E-state index contributed by atoms with van der Waals surface area (Å²) in [6.07, 6.45) is -0.928. The molecular weight excluding hydrogens is 396 g/mol. The summed E-state index contributed by atoms with van der Waals surface area (Å²) in [6, 6.07) is 13.8. The topological polar surface area (TPSA) is 98.9 Å². The normalized spacial score (nSPS) is 11.4. The number of primary amides is 1. The molecule has 0 bridgehead atoms. The van der Waals surface area contributed by atoms with Crippen molar-refractivity contribution in [3.63, 3.8) is 0 Å². The van der Waals surface area contributed by atoms with Crippen LogP contribution in [0.25, 0.3) is 0 Å². The van der Waals surface area contributed by atoms with Crippen LogP contribution < -0.4 is 15.4 Å². The first-order chi connectivity index (χ1) is 13.8. The van der Waals surface area contributed by atoms with Crippen molar-refractivity contribution in [1.82, 2.24) is 0 Å². The molecule has 2 N–H and O–H groups in total. The average Bonchev–Trinajstić information content (AvgIpc) is 2.68. The smallest absolute Gasteiger partial charge is 0.347 e. The molecular formula is C21H23ClN2O5. The molecule has 0 fully saturated rings. The van der Waals surface area contributed by atoms with Crippen molar-refractivity contribution in [3.05, 3.63) is 59.1 Å². The lowest BCUT2D eigenvalue weighted by Crippen LogP contribution is -2.38. The van der Waals surface area contributed by atoms with Gasteiger partial charge in [-0.3, -0.25) is 9.59 Å². The number of hydrogen-bond acceptors (Lipinski definition) is 5. The summed E-state index contributed by atoms with van der Waals surface area (Å²) in [5, 5.41) is 0.563. The molecule has 0 saturated heterocycles. The van der Waals surface area contributed by atoms with Crippen molar-refractivity contribution in [2.75, 3.05) is 18.1 Å². The lowest BCUT2D eigenvalue weighted by atomic mass is 10.2. The monoisotopic (exact) mass is 418 g/mol. The van der Waals surface area contributed by atoms with Gasteiger partial charge in [-0.15, -0.1) is 0 Å². The van der Waals surface area contributed by atoms with Gasteiger partial charge in [-0.2, -0.15) is 0 Å². The van der Waals surface area contributed by atoms with Crippen molar-refractivity contribution < 1.29 is 23.9 Å². The minimum absolute atomic E-state index is 0.00998. The van der Waals surface area contributed by atoms with Crippen LogP contribution in [0.3, 0.4) is 0 Å². The van der Waals surface area contributed by atoms with Gasteiger partial charge >= 0.3 is 5.97 Å². The molecule has 0 aliphatic rings. The molecule has 0 spiro atoms. The van der Waals surface area contributed by atoms with Crippen LogP contribution in [-0.4, -0.2) is 37.0 Å². The third-order valence-electron chi connectivity index (χ3n) is 4.06. The number of esters is 1. The second-order valence-electron chi connectivity index (χ2n) is 6.37. The molecule has 0 aliphatic heterocycles. The Morgan fingerprint density at radius 1 is 1.14 bits per heavy atom. The number of anilines is 1. The zero-order valence-corrected chi connectivity index (χ0v) is 17.0. The molecule has 1 atom stereocenters. The molecule has 0 heterocycles. The molecule has 154 valence electrons. The molecule has 0 aromatic heterocycles. The van der Waals surface area contributed by atoms with Crippen molar-refractivity contribution in [2.45, 2.75) is 26.4 Å². The van der Waals surface area contributed by atoms with E-state index in [2.05, 4.69) is 0 Å². The van der Waals surface area contributed by atoms with Crippen LogP contribution >= 0.6 is 11.6 Å². The first kappa shape index (κ1) is 22.2. The molecule has 2 amide bonds. The highest BCUT2D eigenvalue weighted by Gasteiger charge is 2.22. The van der Waals surface area contributed by atoms with Gasteiger partial charge in [-0.05, 0) is 49.7 Å². The van der Waals surface area contributed by atoms with Gasteiger partial charge in [0.25, 0.3) is 5.91 Å². The van der Waals surface area contributed by atoms with Gasteiger partial charge in [-0.25, -0.2) is 4.79 Å². The minimum Gasteiger partial charge on any atom is -0.479 e. The van der Waals surface area contributed by atoms with E-state index in [0.29, 0.717) is 16.5 Å². The van der Waals surface area contributed by atoms with E-state index in [9.17, 15) is 14.4 Å². The lowest BCUT2D eigenvalue weighted by molar-refractivity contribution is -0.154. The maximum atomic E-state index is 12.6. The summed E-state index contributed by atoms with van der Waals surface area (Å²) < 4.78 is 10.7. The Morgan fingerprint density at radius 3 is 2.45 bits per heavy atom. The number of nitrogens with zero attached hydrogens (tertiary/aromatic N) is 1. The molecule has 7 nitrogen and oxygen atoms in total. The minimum atomic E-state index is -0.918. The third kappa shape index (κ3) is 6.80. The van der Waals surface area contributed by atoms with Crippen LogP contribution in [0, 0.1) is 6.92 Å². The van der Waals surface area contributed by atoms with Crippen molar-refractivity contribution in [2.24, 2.45) is 5.73 Å². The summed E-state index contributed by atoms with van der Waals surface area (Å²) in [6.45, 7) is 2.94. The number of hydrogen-bond donors (Lipinski definition) is 1. The highest BCUT2D eigenvalue weighted by atomic mass is 35.5. The largest absolute Gasteiger partial charge is 0.479 e. The number of ether oxygens (including phenoxy) is 2. The molecule has 0 radical (unpaired) electrons. The summed E-state index contributed by atoms with van der Waals surface area (Å²) in [5.74, 6) is -1.19. The predicted octanol–water partition coefficient (Wildman–Crippen LogP) is 2.87. The molecule has 2 aromatic carbocycles. The molecule has 29 heavy (non-hydrogen) atoms. The second kappa shape index (κ2) is 10.5. The SMILES string of the molecule is Cc1cc(Cl)ccc1OC(C)C(=O)OCC(=O)N(CCC(N)=O)c1ccccc1. The summed E-state index contributed by atoms with van der Waals surface area (Å²) in [4.78, 5) is 37.3. The highest BCUT2D eigenvalue weighted by Crippen LogP contribution is 2.23. The third-order valence-corrected chi connectivity index (χ3v) is 4.30. The van der Waals surface area contributed by atoms with Gasteiger partial charge in [0.2, 0.25) is 5.91 Å². The van der Waals surface area contributed by atoms with E-state index < -0.39 is 30.5 Å². The van der Waals surface area contributed by atoms with Crippen LogP contribution in [0.15, 0.2) is 48.5 Å². The Morgan fingerprint density at radius 2 is 1.83 bits per heavy atom. The van der Waals surface area contributed by atoms with Crippen LogP contribution in [-0.2, 0) is 19.1 Å². The molecule has 1 unspecified atom stereocenters. The Labute approximate surface area is 174 Å². The standard InChI is InChI=1S/C21H23ClN2O5/c1-14-12-16(22)8-9-18(14)29-15(2)21(27)28-13-20(26)24(11-10-19(23)25)17-6-4-3-5-7-17/h3-9,12,15H,10-11,13H2,1-2H3,(H2,23,25). The summed E-state index contributed by atoms with van der Waals surface area (Å²) in [7, 11) is 0. The van der Waals surface area contributed by atoms with Gasteiger partial charge in [0.15, 0.2) is 12.7 Å². The number of carbonyl (C=O) groups excluding carboxylic acids is 3. The van der Waals surface area contributed by atoms with Crippen molar-refractivity contribution in [3.8, 4) is 5.75 Å². The van der Waals surface area contributed by atoms with E-state index in [0.717, 1.165) is 5.56 Å². The molecule has 2 aromatic rings. The highest BCUT2D eigenvalue weighted by molar-refractivity contribution is 6.30. The number of carbonyl (C=O) groups is 3. The fraction of sp³-hybridized carbons (Fsp3) is 0.286. The Bertz CT molecular complexity index is 873. The van der Waals surface area contributed by atoms with Crippen LogP contribution in [0.5, 0.6) is 5.75 Å². The number of para-hydroxylation sites is 1. The fourth-order valence-electron chi connectivity index (χ4n) is 2.54. The van der Waals surface area contributed by atoms with Crippen LogP contribution in [0.2, 0.25) is 5.02 Å². The van der Waals surface area contributed by atoms with Gasteiger partial charge in [-0.1, -0.05) is 29.8 Å². The zero-order valence-electron chi connectivity index (χ0n) is 16.3. The van der Waals surface area contributed by atoms with E-state index >= 15 is 0 Å². The van der Waals surface area contributed by atoms with E-state index in [1.807, 2.05) is 0 Å². The van der Waals surface area contributed by atoms with Gasteiger partial charge in [0, 0.05) is 23.7 Å². The first-order valence-corrected chi connectivity index (χ1v) is 9.39. The number of rotatable bonds is 9. The fourth-order valence-corrected chi connectivity index (χ4v) is 2.77. The average molecular weight is 419 g/mol. The predicted molar refractivity (Wildman–Crippen MR) is 110 cm³/mol. The van der Waals surface area contributed by atoms with E-state index in [4.69, 9.17) is 26.8 Å². The summed E-state index contributed by atoms with van der Waals surface area (Å²) in [5.41, 5.74) is 6.54. The first-order valence-electron chi connectivity index (χ1n) is 9.01. The molecule has 0 aliphatic carbocycles. The number of nitrogens with two attached hydrogens (primary N) is 1. The molecule has 0 saturated carbocycles. The zero-order chi connectivity index (χ0) is 21.4. The quantitative estimate of drug-likeness (QED) is 0.631. The van der Waals surface area contributed by atoms with Crippen LogP contribution in [0.1, 0.15) is 18.9 Å².